The highest BCUT2D eigenvalue weighted by atomic mass is 35.5. The third kappa shape index (κ3) is 3.84. The number of amides is 2. The highest BCUT2D eigenvalue weighted by molar-refractivity contribution is 6.30. The number of hydrogen-bond donors (Lipinski definition) is 1. The molecule has 0 bridgehead atoms. The molecule has 0 aromatic heterocycles. The number of halogens is 1. The molecule has 0 saturated carbocycles. The minimum Gasteiger partial charge on any atom is -0.486 e. The first-order chi connectivity index (χ1) is 13.6. The van der Waals surface area contributed by atoms with E-state index in [1.807, 2.05) is 0 Å². The average Bonchev–Trinajstić information content (AvgIpc) is 2.86. The second kappa shape index (κ2) is 7.98. The summed E-state index contributed by atoms with van der Waals surface area (Å²) in [6.07, 6.45) is 0. The largest absolute Gasteiger partial charge is 0.486 e. The summed E-state index contributed by atoms with van der Waals surface area (Å²) in [5.74, 6) is 1.25. The Morgan fingerprint density at radius 3 is 2.86 bits per heavy atom. The highest BCUT2D eigenvalue weighted by Gasteiger charge is 2.23. The lowest BCUT2D eigenvalue weighted by Crippen LogP contribution is -2.39. The van der Waals surface area contributed by atoms with Crippen molar-refractivity contribution in [3.63, 3.8) is 0 Å². The molecule has 2 aromatic carbocycles. The van der Waals surface area contributed by atoms with Gasteiger partial charge in [-0.3, -0.25) is 9.59 Å². The number of rotatable bonds is 4. The van der Waals surface area contributed by atoms with Crippen LogP contribution >= 0.6 is 11.6 Å². The molecule has 2 amide bonds. The van der Waals surface area contributed by atoms with Crippen LogP contribution in [0.25, 0.3) is 0 Å². The molecule has 0 fully saturated rings. The highest BCUT2D eigenvalue weighted by Crippen LogP contribution is 2.33. The van der Waals surface area contributed by atoms with Gasteiger partial charge in [-0.05, 0) is 30.3 Å². The van der Waals surface area contributed by atoms with Crippen LogP contribution in [0.5, 0.6) is 17.2 Å². The van der Waals surface area contributed by atoms with Crippen molar-refractivity contribution in [2.24, 2.45) is 0 Å². The fourth-order valence-corrected chi connectivity index (χ4v) is 3.39. The fourth-order valence-electron chi connectivity index (χ4n) is 3.19. The van der Waals surface area contributed by atoms with Gasteiger partial charge in [-0.15, -0.1) is 0 Å². The van der Waals surface area contributed by atoms with Crippen LogP contribution in [-0.2, 0) is 11.3 Å². The van der Waals surface area contributed by atoms with Crippen molar-refractivity contribution >= 4 is 23.4 Å². The normalized spacial score (nSPS) is 15.3. The predicted octanol–water partition coefficient (Wildman–Crippen LogP) is 2.26. The van der Waals surface area contributed by atoms with E-state index in [0.717, 1.165) is 5.56 Å². The molecule has 1 N–H and O–H groups in total. The maximum absolute atomic E-state index is 12.6. The number of benzene rings is 2. The third-order valence-corrected chi connectivity index (χ3v) is 4.80. The van der Waals surface area contributed by atoms with Gasteiger partial charge in [0.05, 0.1) is 5.56 Å². The van der Waals surface area contributed by atoms with E-state index in [1.165, 1.54) is 0 Å². The monoisotopic (exact) mass is 402 g/mol. The van der Waals surface area contributed by atoms with E-state index in [-0.39, 0.29) is 18.4 Å². The minimum atomic E-state index is -0.274. The number of carbonyl (C=O) groups is 2. The molecule has 4 rings (SSSR count). The average molecular weight is 403 g/mol. The molecular weight excluding hydrogens is 384 g/mol. The predicted molar refractivity (Wildman–Crippen MR) is 102 cm³/mol. The van der Waals surface area contributed by atoms with Crippen molar-refractivity contribution in [1.29, 1.82) is 0 Å². The van der Waals surface area contributed by atoms with E-state index in [1.54, 1.807) is 41.3 Å². The number of nitrogens with one attached hydrogen (secondary N) is 1. The van der Waals surface area contributed by atoms with E-state index in [9.17, 15) is 9.59 Å². The summed E-state index contributed by atoms with van der Waals surface area (Å²) in [7, 11) is 0. The molecular formula is C20H19ClN2O5. The molecule has 2 aliphatic heterocycles. The smallest absolute Gasteiger partial charge is 0.260 e. The van der Waals surface area contributed by atoms with E-state index >= 15 is 0 Å². The van der Waals surface area contributed by atoms with Crippen LogP contribution in [0.4, 0.5) is 0 Å². The summed E-state index contributed by atoms with van der Waals surface area (Å²) in [5.41, 5.74) is 1.26. The summed E-state index contributed by atoms with van der Waals surface area (Å²) in [4.78, 5) is 26.5. The molecule has 8 heteroatoms. The molecule has 28 heavy (non-hydrogen) atoms. The molecule has 2 aromatic rings. The van der Waals surface area contributed by atoms with E-state index in [4.69, 9.17) is 25.8 Å². The van der Waals surface area contributed by atoms with Crippen molar-refractivity contribution in [3.05, 3.63) is 52.5 Å². The van der Waals surface area contributed by atoms with Gasteiger partial charge in [0.1, 0.15) is 19.0 Å². The van der Waals surface area contributed by atoms with E-state index < -0.39 is 0 Å². The molecule has 0 atom stereocenters. The molecule has 0 spiro atoms. The lowest BCUT2D eigenvalue weighted by molar-refractivity contribution is -0.133. The second-order valence-electron chi connectivity index (χ2n) is 6.44. The Morgan fingerprint density at radius 2 is 1.96 bits per heavy atom. The van der Waals surface area contributed by atoms with Crippen molar-refractivity contribution in [1.82, 2.24) is 10.2 Å². The van der Waals surface area contributed by atoms with Crippen LogP contribution in [0.3, 0.4) is 0 Å². The van der Waals surface area contributed by atoms with Gasteiger partial charge in [0.15, 0.2) is 18.1 Å². The van der Waals surface area contributed by atoms with Crippen molar-refractivity contribution in [2.45, 2.75) is 6.54 Å². The van der Waals surface area contributed by atoms with Crippen LogP contribution in [0, 0.1) is 0 Å². The van der Waals surface area contributed by atoms with Crippen LogP contribution in [-0.4, -0.2) is 49.6 Å². The summed E-state index contributed by atoms with van der Waals surface area (Å²) in [6.45, 7) is 1.85. The van der Waals surface area contributed by atoms with Crippen LogP contribution < -0.4 is 19.5 Å². The van der Waals surface area contributed by atoms with Gasteiger partial charge in [-0.2, -0.15) is 0 Å². The molecule has 0 saturated heterocycles. The van der Waals surface area contributed by atoms with Gasteiger partial charge in [0.25, 0.3) is 11.8 Å². The number of fused-ring (bicyclic) bond motifs is 2. The third-order valence-electron chi connectivity index (χ3n) is 4.57. The zero-order valence-corrected chi connectivity index (χ0v) is 15.8. The Balaban J connectivity index is 1.39. The first kappa shape index (κ1) is 18.4. The van der Waals surface area contributed by atoms with Gasteiger partial charge >= 0.3 is 0 Å². The standard InChI is InChI=1S/C20H19ClN2O5/c21-14-4-5-16-13(10-14)11-23(18(24)12-28-16)7-6-22-20(25)15-2-1-3-17-19(15)27-9-8-26-17/h1-5,10H,6-9,11-12H2,(H,22,25). The lowest BCUT2D eigenvalue weighted by Gasteiger charge is -2.22. The van der Waals surface area contributed by atoms with E-state index in [0.29, 0.717) is 60.7 Å². The Kier molecular flexibility index (Phi) is 5.25. The van der Waals surface area contributed by atoms with Gasteiger partial charge in [-0.25, -0.2) is 0 Å². The zero-order chi connectivity index (χ0) is 19.5. The van der Waals surface area contributed by atoms with Crippen LogP contribution in [0.2, 0.25) is 5.02 Å². The lowest BCUT2D eigenvalue weighted by atomic mass is 10.1. The fraction of sp³-hybridized carbons (Fsp3) is 0.300. The van der Waals surface area contributed by atoms with Crippen LogP contribution in [0.1, 0.15) is 15.9 Å². The number of para-hydroxylation sites is 1. The molecule has 146 valence electrons. The van der Waals surface area contributed by atoms with Crippen molar-refractivity contribution in [2.75, 3.05) is 32.9 Å². The Morgan fingerprint density at radius 1 is 1.11 bits per heavy atom. The number of nitrogens with zero attached hydrogens (tertiary/aromatic N) is 1. The molecule has 0 aliphatic carbocycles. The quantitative estimate of drug-likeness (QED) is 0.848. The molecule has 7 nitrogen and oxygen atoms in total. The maximum Gasteiger partial charge on any atom is 0.260 e. The van der Waals surface area contributed by atoms with E-state index in [2.05, 4.69) is 5.32 Å². The van der Waals surface area contributed by atoms with Gasteiger partial charge < -0.3 is 24.4 Å². The van der Waals surface area contributed by atoms with Crippen molar-refractivity contribution < 1.29 is 23.8 Å². The minimum absolute atomic E-state index is 0.0417. The molecule has 2 heterocycles. The summed E-state index contributed by atoms with van der Waals surface area (Å²) in [6, 6.07) is 10.5. The number of carbonyl (C=O) groups excluding carboxylic acids is 2. The van der Waals surface area contributed by atoms with Crippen LogP contribution in [0.15, 0.2) is 36.4 Å². The molecule has 2 aliphatic rings. The summed E-state index contributed by atoms with van der Waals surface area (Å²) < 4.78 is 16.6. The molecule has 0 radical (unpaired) electrons. The maximum atomic E-state index is 12.6. The second-order valence-corrected chi connectivity index (χ2v) is 6.88. The summed E-state index contributed by atoms with van der Waals surface area (Å²) in [5, 5.41) is 3.42. The Hall–Kier alpha value is -2.93. The van der Waals surface area contributed by atoms with Gasteiger partial charge in [0, 0.05) is 30.2 Å². The topological polar surface area (TPSA) is 77.1 Å². The number of hydrogen-bond acceptors (Lipinski definition) is 5. The van der Waals surface area contributed by atoms with Crippen molar-refractivity contribution in [3.8, 4) is 17.2 Å². The Bertz CT molecular complexity index is 917. The first-order valence-corrected chi connectivity index (χ1v) is 9.35. The number of ether oxygens (including phenoxy) is 3. The Labute approximate surface area is 167 Å². The SMILES string of the molecule is O=C(NCCN1Cc2cc(Cl)ccc2OCC1=O)c1cccc2c1OCCO2. The van der Waals surface area contributed by atoms with Gasteiger partial charge in [-0.1, -0.05) is 17.7 Å². The summed E-state index contributed by atoms with van der Waals surface area (Å²) >= 11 is 6.05. The van der Waals surface area contributed by atoms with Gasteiger partial charge in [0.2, 0.25) is 0 Å². The first-order valence-electron chi connectivity index (χ1n) is 8.97. The zero-order valence-electron chi connectivity index (χ0n) is 15.1. The molecule has 0 unspecified atom stereocenters.